The zero-order chi connectivity index (χ0) is 17.1. The minimum Gasteiger partial charge on any atom is -0.308 e. The Morgan fingerprint density at radius 1 is 1.24 bits per heavy atom. The molecule has 0 bridgehead atoms. The zero-order valence-corrected chi connectivity index (χ0v) is 14.2. The van der Waals surface area contributed by atoms with Crippen molar-refractivity contribution in [2.75, 3.05) is 18.0 Å². The van der Waals surface area contributed by atoms with E-state index < -0.39 is 0 Å². The van der Waals surface area contributed by atoms with Crippen LogP contribution in [-0.4, -0.2) is 34.4 Å². The summed E-state index contributed by atoms with van der Waals surface area (Å²) in [6, 6.07) is 1.92. The quantitative estimate of drug-likeness (QED) is 0.838. The summed E-state index contributed by atoms with van der Waals surface area (Å²) in [4.78, 5) is 30.1. The number of imidazole rings is 1. The number of urea groups is 1. The minimum atomic E-state index is -0.364. The van der Waals surface area contributed by atoms with Crippen LogP contribution in [0.15, 0.2) is 18.5 Å². The van der Waals surface area contributed by atoms with E-state index in [1.807, 2.05) is 10.5 Å². The van der Waals surface area contributed by atoms with E-state index >= 15 is 0 Å². The molecule has 4 heterocycles. The Morgan fingerprint density at radius 3 is 2.72 bits per heavy atom. The normalized spacial score (nSPS) is 26.7. The molecule has 2 aliphatic heterocycles. The molecule has 3 amide bonds. The SMILES string of the molecule is C[C@@H]1CN[C@@H](c2cn3cc(C4CC4)cc(N4CC(=O)NC4=O)c3n2)C1. The van der Waals surface area contributed by atoms with Gasteiger partial charge in [-0.05, 0) is 49.3 Å². The number of nitrogens with one attached hydrogen (secondary N) is 2. The number of pyridine rings is 1. The summed E-state index contributed by atoms with van der Waals surface area (Å²) in [7, 11) is 0. The average Bonchev–Trinajstić information content (AvgIpc) is 3.04. The van der Waals surface area contributed by atoms with Crippen LogP contribution >= 0.6 is 0 Å². The predicted molar refractivity (Wildman–Crippen MR) is 92.6 cm³/mol. The van der Waals surface area contributed by atoms with Gasteiger partial charge < -0.3 is 9.72 Å². The van der Waals surface area contributed by atoms with Crippen LogP contribution in [0.4, 0.5) is 10.5 Å². The summed E-state index contributed by atoms with van der Waals surface area (Å²) in [5.74, 6) is 0.927. The average molecular weight is 339 g/mol. The maximum absolute atomic E-state index is 12.2. The maximum atomic E-state index is 12.2. The highest BCUT2D eigenvalue weighted by atomic mass is 16.2. The van der Waals surface area contributed by atoms with Crippen LogP contribution < -0.4 is 15.5 Å². The molecule has 2 saturated heterocycles. The monoisotopic (exact) mass is 339 g/mol. The number of nitrogens with zero attached hydrogens (tertiary/aromatic N) is 3. The summed E-state index contributed by atoms with van der Waals surface area (Å²) in [5, 5.41) is 5.88. The Balaban J connectivity index is 1.62. The number of hydrogen-bond donors (Lipinski definition) is 2. The number of anilines is 1. The fraction of sp³-hybridized carbons (Fsp3) is 0.500. The molecule has 7 heteroatoms. The number of aromatic nitrogens is 2. The maximum Gasteiger partial charge on any atom is 0.329 e. The first-order valence-corrected chi connectivity index (χ1v) is 8.96. The Labute approximate surface area is 145 Å². The first-order chi connectivity index (χ1) is 12.1. The third kappa shape index (κ3) is 2.50. The molecule has 5 rings (SSSR count). The topological polar surface area (TPSA) is 78.7 Å². The highest BCUT2D eigenvalue weighted by molar-refractivity contribution is 6.13. The van der Waals surface area contributed by atoms with Gasteiger partial charge in [0.05, 0.1) is 17.4 Å². The number of amides is 3. The summed E-state index contributed by atoms with van der Waals surface area (Å²) >= 11 is 0. The molecule has 2 atom stereocenters. The molecule has 7 nitrogen and oxygen atoms in total. The molecule has 25 heavy (non-hydrogen) atoms. The van der Waals surface area contributed by atoms with E-state index in [1.165, 1.54) is 23.3 Å². The lowest BCUT2D eigenvalue weighted by atomic mass is 10.1. The van der Waals surface area contributed by atoms with Crippen LogP contribution in [0.2, 0.25) is 0 Å². The van der Waals surface area contributed by atoms with Crippen molar-refractivity contribution < 1.29 is 9.59 Å². The molecule has 1 aliphatic carbocycles. The lowest BCUT2D eigenvalue weighted by molar-refractivity contribution is -0.117. The van der Waals surface area contributed by atoms with Crippen LogP contribution in [-0.2, 0) is 4.79 Å². The van der Waals surface area contributed by atoms with E-state index in [-0.39, 0.29) is 24.5 Å². The molecule has 2 aromatic heterocycles. The van der Waals surface area contributed by atoms with Gasteiger partial charge in [0.1, 0.15) is 6.54 Å². The van der Waals surface area contributed by atoms with Crippen molar-refractivity contribution in [3.05, 3.63) is 29.7 Å². The first kappa shape index (κ1) is 14.9. The molecule has 0 spiro atoms. The van der Waals surface area contributed by atoms with E-state index in [0.717, 1.165) is 30.0 Å². The second-order valence-electron chi connectivity index (χ2n) is 7.57. The number of rotatable bonds is 3. The van der Waals surface area contributed by atoms with Crippen molar-refractivity contribution in [3.8, 4) is 0 Å². The number of carbonyl (C=O) groups is 2. The van der Waals surface area contributed by atoms with Gasteiger partial charge in [-0.25, -0.2) is 9.78 Å². The van der Waals surface area contributed by atoms with E-state index in [0.29, 0.717) is 11.8 Å². The Hall–Kier alpha value is -2.41. The number of carbonyl (C=O) groups excluding carboxylic acids is 2. The minimum absolute atomic E-state index is 0.0590. The van der Waals surface area contributed by atoms with Gasteiger partial charge in [0, 0.05) is 12.4 Å². The molecule has 0 radical (unpaired) electrons. The van der Waals surface area contributed by atoms with Crippen molar-refractivity contribution in [1.29, 1.82) is 0 Å². The number of hydrogen-bond acceptors (Lipinski definition) is 4. The Morgan fingerprint density at radius 2 is 2.08 bits per heavy atom. The molecular weight excluding hydrogens is 318 g/mol. The predicted octanol–water partition coefficient (Wildman–Crippen LogP) is 1.94. The van der Waals surface area contributed by atoms with Crippen molar-refractivity contribution in [2.24, 2.45) is 5.92 Å². The van der Waals surface area contributed by atoms with Gasteiger partial charge >= 0.3 is 6.03 Å². The zero-order valence-electron chi connectivity index (χ0n) is 14.2. The highest BCUT2D eigenvalue weighted by Crippen LogP contribution is 2.42. The van der Waals surface area contributed by atoms with E-state index in [2.05, 4.69) is 30.0 Å². The Bertz CT molecular complexity index is 885. The van der Waals surface area contributed by atoms with Gasteiger partial charge in [-0.2, -0.15) is 0 Å². The standard InChI is InChI=1S/C18H21N5O2/c1-10-4-13(19-6-10)14-8-22-7-12(11-2-3-11)5-15(17(22)20-14)23-9-16(24)21-18(23)25/h5,7-8,10-11,13,19H,2-4,6,9H2,1H3,(H,21,24,25)/t10-,13+/m0/s1. The third-order valence-corrected chi connectivity index (χ3v) is 5.41. The highest BCUT2D eigenvalue weighted by Gasteiger charge is 2.33. The molecular formula is C18H21N5O2. The fourth-order valence-corrected chi connectivity index (χ4v) is 3.90. The smallest absolute Gasteiger partial charge is 0.308 e. The van der Waals surface area contributed by atoms with Crippen LogP contribution in [0.25, 0.3) is 5.65 Å². The van der Waals surface area contributed by atoms with Gasteiger partial charge in [-0.15, -0.1) is 0 Å². The van der Waals surface area contributed by atoms with Crippen LogP contribution in [0.5, 0.6) is 0 Å². The largest absolute Gasteiger partial charge is 0.329 e. The van der Waals surface area contributed by atoms with Gasteiger partial charge in [0.25, 0.3) is 0 Å². The second kappa shape index (κ2) is 5.29. The molecule has 130 valence electrons. The summed E-state index contributed by atoms with van der Waals surface area (Å²) < 4.78 is 2.03. The van der Waals surface area contributed by atoms with Gasteiger partial charge in [0.15, 0.2) is 5.65 Å². The van der Waals surface area contributed by atoms with Crippen molar-refractivity contribution >= 4 is 23.3 Å². The van der Waals surface area contributed by atoms with Crippen LogP contribution in [0.3, 0.4) is 0 Å². The van der Waals surface area contributed by atoms with E-state index in [1.54, 1.807) is 0 Å². The summed E-state index contributed by atoms with van der Waals surface area (Å²) in [6.07, 6.45) is 7.62. The van der Waals surface area contributed by atoms with Crippen LogP contribution in [0, 0.1) is 5.92 Å². The third-order valence-electron chi connectivity index (χ3n) is 5.41. The van der Waals surface area contributed by atoms with Gasteiger partial charge in [0.2, 0.25) is 5.91 Å². The van der Waals surface area contributed by atoms with E-state index in [9.17, 15) is 9.59 Å². The molecule has 2 aromatic rings. The van der Waals surface area contributed by atoms with Crippen molar-refractivity contribution in [3.63, 3.8) is 0 Å². The lowest BCUT2D eigenvalue weighted by Gasteiger charge is -2.15. The van der Waals surface area contributed by atoms with Crippen molar-refractivity contribution in [1.82, 2.24) is 20.0 Å². The number of fused-ring (bicyclic) bond motifs is 1. The molecule has 3 fully saturated rings. The number of imide groups is 1. The molecule has 0 aromatic carbocycles. The summed E-state index contributed by atoms with van der Waals surface area (Å²) in [6.45, 7) is 3.30. The first-order valence-electron chi connectivity index (χ1n) is 8.96. The van der Waals surface area contributed by atoms with Gasteiger partial charge in [-0.1, -0.05) is 6.92 Å². The molecule has 1 saturated carbocycles. The molecule has 0 unspecified atom stereocenters. The summed E-state index contributed by atoms with van der Waals surface area (Å²) in [5.41, 5.74) is 3.69. The second-order valence-corrected chi connectivity index (χ2v) is 7.57. The van der Waals surface area contributed by atoms with Crippen molar-refractivity contribution in [2.45, 2.75) is 38.1 Å². The van der Waals surface area contributed by atoms with Gasteiger partial charge in [-0.3, -0.25) is 15.0 Å². The fourth-order valence-electron chi connectivity index (χ4n) is 3.90. The molecule has 2 N–H and O–H groups in total. The molecule has 3 aliphatic rings. The van der Waals surface area contributed by atoms with E-state index in [4.69, 9.17) is 4.98 Å². The Kier molecular flexibility index (Phi) is 3.15. The lowest BCUT2D eigenvalue weighted by Crippen LogP contribution is -2.28. The van der Waals surface area contributed by atoms with Crippen LogP contribution in [0.1, 0.15) is 49.4 Å².